The lowest BCUT2D eigenvalue weighted by molar-refractivity contribution is -0.149. The molecule has 1 heterocycles. The van der Waals surface area contributed by atoms with Gasteiger partial charge in [-0.1, -0.05) is 103 Å². The van der Waals surface area contributed by atoms with Crippen LogP contribution >= 0.6 is 23.2 Å². The maximum atomic E-state index is 13.7. The van der Waals surface area contributed by atoms with E-state index in [9.17, 15) is 4.79 Å². The molecule has 0 aliphatic heterocycles. The second kappa shape index (κ2) is 8.53. The number of nitrogens with zero attached hydrogens (tertiary/aromatic N) is 3. The van der Waals surface area contributed by atoms with E-state index in [4.69, 9.17) is 27.9 Å². The summed E-state index contributed by atoms with van der Waals surface area (Å²) in [5.41, 5.74) is 0.405. The van der Waals surface area contributed by atoms with Gasteiger partial charge in [-0.15, -0.1) is 0 Å². The summed E-state index contributed by atoms with van der Waals surface area (Å²) in [7, 11) is 0. The zero-order valence-corrected chi connectivity index (χ0v) is 18.0. The van der Waals surface area contributed by atoms with E-state index in [-0.39, 0.29) is 6.61 Å². The van der Waals surface area contributed by atoms with Crippen molar-refractivity contribution >= 4 is 34.7 Å². The standard InChI is InChI=1S/C24H19Cl2N3O2/c1-2-15-31-22(30)23(19-11-7-4-8-12-19)14-13-20(25)21(18-9-5-3-6-10-18)24(23,26)29-17-27-16-28-29/h2-14,16-17H,1,15H2. The van der Waals surface area contributed by atoms with E-state index in [1.54, 1.807) is 12.2 Å². The highest BCUT2D eigenvalue weighted by atomic mass is 35.5. The number of ether oxygens (including phenoxy) is 1. The minimum absolute atomic E-state index is 0.0314. The van der Waals surface area contributed by atoms with E-state index in [1.807, 2.05) is 60.7 Å². The van der Waals surface area contributed by atoms with Crippen molar-refractivity contribution < 1.29 is 9.53 Å². The first kappa shape index (κ1) is 21.1. The molecule has 31 heavy (non-hydrogen) atoms. The Labute approximate surface area is 190 Å². The summed E-state index contributed by atoms with van der Waals surface area (Å²) in [5, 5.41) is 4.71. The van der Waals surface area contributed by atoms with Gasteiger partial charge in [-0.25, -0.2) is 9.67 Å². The molecule has 2 atom stereocenters. The zero-order chi connectivity index (χ0) is 21.9. The first-order valence-electron chi connectivity index (χ1n) is 9.58. The largest absolute Gasteiger partial charge is 0.460 e. The second-order valence-corrected chi connectivity index (χ2v) is 7.90. The topological polar surface area (TPSA) is 57.0 Å². The van der Waals surface area contributed by atoms with Crippen LogP contribution in [-0.2, 0) is 19.9 Å². The second-order valence-electron chi connectivity index (χ2n) is 6.95. The van der Waals surface area contributed by atoms with Crippen LogP contribution in [-0.4, -0.2) is 27.3 Å². The normalized spacial score (nSPS) is 22.9. The molecule has 0 radical (unpaired) electrons. The fourth-order valence-corrected chi connectivity index (χ4v) is 4.81. The van der Waals surface area contributed by atoms with Gasteiger partial charge in [0.2, 0.25) is 0 Å². The molecule has 2 aromatic carbocycles. The van der Waals surface area contributed by atoms with Gasteiger partial charge in [-0.3, -0.25) is 4.79 Å². The van der Waals surface area contributed by atoms with Crippen molar-refractivity contribution in [2.24, 2.45) is 0 Å². The summed E-state index contributed by atoms with van der Waals surface area (Å²) in [4.78, 5) is 16.2. The Morgan fingerprint density at radius 2 is 1.81 bits per heavy atom. The molecule has 0 fully saturated rings. The van der Waals surface area contributed by atoms with Crippen molar-refractivity contribution in [1.82, 2.24) is 14.8 Å². The lowest BCUT2D eigenvalue weighted by atomic mass is 9.67. The molecule has 0 amide bonds. The van der Waals surface area contributed by atoms with E-state index in [2.05, 4.69) is 16.7 Å². The van der Waals surface area contributed by atoms with Gasteiger partial charge in [0.1, 0.15) is 19.3 Å². The van der Waals surface area contributed by atoms with Crippen molar-refractivity contribution in [2.45, 2.75) is 10.4 Å². The van der Waals surface area contributed by atoms with Crippen molar-refractivity contribution in [3.63, 3.8) is 0 Å². The minimum atomic E-state index is -1.60. The Bertz CT molecular complexity index is 1140. The van der Waals surface area contributed by atoms with Gasteiger partial charge in [0, 0.05) is 10.6 Å². The summed E-state index contributed by atoms with van der Waals surface area (Å²) >= 11 is 14.2. The van der Waals surface area contributed by atoms with Crippen LogP contribution in [0.4, 0.5) is 0 Å². The van der Waals surface area contributed by atoms with Crippen LogP contribution in [0, 0.1) is 0 Å². The van der Waals surface area contributed by atoms with Crippen LogP contribution in [0.3, 0.4) is 0 Å². The van der Waals surface area contributed by atoms with E-state index in [1.165, 1.54) is 23.4 Å². The van der Waals surface area contributed by atoms with E-state index in [0.717, 1.165) is 5.56 Å². The van der Waals surface area contributed by atoms with E-state index in [0.29, 0.717) is 16.2 Å². The molecule has 0 saturated heterocycles. The number of allylic oxidation sites excluding steroid dienone is 3. The predicted molar refractivity (Wildman–Crippen MR) is 121 cm³/mol. The third-order valence-corrected chi connectivity index (χ3v) is 6.23. The molecule has 0 N–H and O–H groups in total. The number of halogens is 2. The maximum Gasteiger partial charge on any atom is 0.325 e. The zero-order valence-electron chi connectivity index (χ0n) is 16.5. The Kier molecular flexibility index (Phi) is 5.81. The summed E-state index contributed by atoms with van der Waals surface area (Å²) in [6.07, 6.45) is 7.71. The smallest absolute Gasteiger partial charge is 0.325 e. The molecule has 0 bridgehead atoms. The molecule has 156 valence electrons. The Morgan fingerprint density at radius 3 is 2.42 bits per heavy atom. The van der Waals surface area contributed by atoms with Crippen LogP contribution in [0.1, 0.15) is 11.1 Å². The van der Waals surface area contributed by atoms with Gasteiger partial charge in [0.15, 0.2) is 10.4 Å². The fraction of sp³-hybridized carbons (Fsp3) is 0.125. The number of carbonyl (C=O) groups is 1. The van der Waals surface area contributed by atoms with Crippen LogP contribution < -0.4 is 0 Å². The first-order chi connectivity index (χ1) is 15.1. The van der Waals surface area contributed by atoms with Gasteiger partial charge >= 0.3 is 5.97 Å². The lowest BCUT2D eigenvalue weighted by Gasteiger charge is -2.46. The molecule has 1 aliphatic rings. The summed E-state index contributed by atoms with van der Waals surface area (Å²) in [6.45, 7) is 3.68. The van der Waals surface area contributed by atoms with Crippen LogP contribution in [0.15, 0.2) is 103 Å². The molecule has 0 spiro atoms. The molecule has 4 rings (SSSR count). The van der Waals surface area contributed by atoms with Gasteiger partial charge in [-0.05, 0) is 17.2 Å². The molecular formula is C24H19Cl2N3O2. The molecule has 0 saturated carbocycles. The highest BCUT2D eigenvalue weighted by Gasteiger charge is 2.62. The summed E-state index contributed by atoms with van der Waals surface area (Å²) in [5.74, 6) is -0.557. The Morgan fingerprint density at radius 1 is 1.13 bits per heavy atom. The van der Waals surface area contributed by atoms with Crippen LogP contribution in [0.5, 0.6) is 0 Å². The van der Waals surface area contributed by atoms with Crippen molar-refractivity contribution in [3.05, 3.63) is 114 Å². The minimum Gasteiger partial charge on any atom is -0.460 e. The van der Waals surface area contributed by atoms with Gasteiger partial charge in [0.25, 0.3) is 0 Å². The number of esters is 1. The summed E-state index contributed by atoms with van der Waals surface area (Å²) in [6, 6.07) is 18.6. The average molecular weight is 452 g/mol. The number of hydrogen-bond acceptors (Lipinski definition) is 4. The third-order valence-electron chi connectivity index (χ3n) is 5.25. The number of carbonyl (C=O) groups excluding carboxylic acids is 1. The third kappa shape index (κ3) is 3.30. The van der Waals surface area contributed by atoms with Crippen molar-refractivity contribution in [2.75, 3.05) is 6.61 Å². The number of hydrogen-bond donors (Lipinski definition) is 0. The molecule has 2 unspecified atom stereocenters. The number of rotatable bonds is 6. The first-order valence-corrected chi connectivity index (χ1v) is 10.3. The molecule has 7 heteroatoms. The number of alkyl halides is 1. The van der Waals surface area contributed by atoms with E-state index >= 15 is 0 Å². The molecule has 3 aromatic rings. The predicted octanol–water partition coefficient (Wildman–Crippen LogP) is 5.06. The number of benzene rings is 2. The molecule has 1 aliphatic carbocycles. The van der Waals surface area contributed by atoms with Crippen LogP contribution in [0.2, 0.25) is 0 Å². The maximum absolute atomic E-state index is 13.7. The molecule has 5 nitrogen and oxygen atoms in total. The monoisotopic (exact) mass is 451 g/mol. The highest BCUT2D eigenvalue weighted by molar-refractivity contribution is 6.40. The van der Waals surface area contributed by atoms with Gasteiger partial charge in [0.05, 0.1) is 0 Å². The van der Waals surface area contributed by atoms with Gasteiger partial charge in [-0.2, -0.15) is 5.10 Å². The lowest BCUT2D eigenvalue weighted by Crippen LogP contribution is -2.56. The van der Waals surface area contributed by atoms with Gasteiger partial charge < -0.3 is 4.74 Å². The number of aromatic nitrogens is 3. The Balaban J connectivity index is 2.08. The van der Waals surface area contributed by atoms with Crippen molar-refractivity contribution in [3.8, 4) is 0 Å². The Hall–Kier alpha value is -3.15. The summed E-state index contributed by atoms with van der Waals surface area (Å²) < 4.78 is 7.03. The molecule has 1 aromatic heterocycles. The quantitative estimate of drug-likeness (QED) is 0.298. The highest BCUT2D eigenvalue weighted by Crippen LogP contribution is 2.57. The fourth-order valence-electron chi connectivity index (χ4n) is 3.90. The van der Waals surface area contributed by atoms with Crippen molar-refractivity contribution in [1.29, 1.82) is 0 Å². The van der Waals surface area contributed by atoms with Crippen LogP contribution in [0.25, 0.3) is 5.57 Å². The average Bonchev–Trinajstić information content (AvgIpc) is 3.35. The molecular weight excluding hydrogens is 433 g/mol. The SMILES string of the molecule is C=CCOC(=O)C1(c2ccccc2)C=CC(Cl)=C(c2ccccc2)C1(Cl)n1cncn1. The van der Waals surface area contributed by atoms with E-state index < -0.39 is 16.4 Å².